The van der Waals surface area contributed by atoms with Crippen LogP contribution in [-0.4, -0.2) is 24.3 Å². The van der Waals surface area contributed by atoms with Gasteiger partial charge in [0.1, 0.15) is 0 Å². The molecule has 0 aromatic heterocycles. The Morgan fingerprint density at radius 2 is 1.89 bits per heavy atom. The standard InChI is InChI=1S/C17H33NO/c1-14(2)10-15-6-5-7-16(11-15)18-12-17(13-19)8-3-4-9-17/h14-16,18-19H,3-13H2,1-2H3. The highest BCUT2D eigenvalue weighted by Crippen LogP contribution is 2.37. The fourth-order valence-corrected chi connectivity index (χ4v) is 4.23. The first kappa shape index (κ1) is 15.3. The lowest BCUT2D eigenvalue weighted by Crippen LogP contribution is -2.42. The van der Waals surface area contributed by atoms with Gasteiger partial charge < -0.3 is 10.4 Å². The van der Waals surface area contributed by atoms with Crippen molar-refractivity contribution in [2.24, 2.45) is 17.3 Å². The van der Waals surface area contributed by atoms with Gasteiger partial charge in [0.2, 0.25) is 0 Å². The highest BCUT2D eigenvalue weighted by Gasteiger charge is 2.34. The number of hydrogen-bond acceptors (Lipinski definition) is 2. The molecule has 0 spiro atoms. The Bertz CT molecular complexity index is 258. The molecule has 2 aliphatic rings. The first-order chi connectivity index (χ1) is 9.13. The summed E-state index contributed by atoms with van der Waals surface area (Å²) in [6, 6.07) is 0.710. The normalized spacial score (nSPS) is 30.9. The summed E-state index contributed by atoms with van der Waals surface area (Å²) in [4.78, 5) is 0. The lowest BCUT2D eigenvalue weighted by atomic mass is 9.80. The molecule has 0 radical (unpaired) electrons. The number of nitrogens with one attached hydrogen (secondary N) is 1. The van der Waals surface area contributed by atoms with Crippen molar-refractivity contribution in [3.8, 4) is 0 Å². The SMILES string of the molecule is CC(C)CC1CCCC(NCC2(CO)CCCC2)C1. The molecule has 2 atom stereocenters. The molecule has 0 aliphatic heterocycles. The van der Waals surface area contributed by atoms with E-state index in [1.54, 1.807) is 0 Å². The Labute approximate surface area is 119 Å². The number of rotatable bonds is 6. The highest BCUT2D eigenvalue weighted by molar-refractivity contribution is 4.88. The minimum Gasteiger partial charge on any atom is -0.396 e. The summed E-state index contributed by atoms with van der Waals surface area (Å²) in [6.45, 7) is 6.11. The molecule has 2 unspecified atom stereocenters. The molecule has 0 aromatic carbocycles. The van der Waals surface area contributed by atoms with Crippen LogP contribution in [0.4, 0.5) is 0 Å². The summed E-state index contributed by atoms with van der Waals surface area (Å²) in [5, 5.41) is 13.5. The van der Waals surface area contributed by atoms with E-state index >= 15 is 0 Å². The molecule has 2 nitrogen and oxygen atoms in total. The Balaban J connectivity index is 1.75. The second-order valence-electron chi connectivity index (χ2n) is 7.61. The molecule has 2 rings (SSSR count). The van der Waals surface area contributed by atoms with E-state index < -0.39 is 0 Å². The lowest BCUT2D eigenvalue weighted by Gasteiger charge is -2.34. The van der Waals surface area contributed by atoms with Gasteiger partial charge in [-0.25, -0.2) is 0 Å². The number of aliphatic hydroxyl groups excluding tert-OH is 1. The summed E-state index contributed by atoms with van der Waals surface area (Å²) < 4.78 is 0. The van der Waals surface area contributed by atoms with Crippen LogP contribution in [0.3, 0.4) is 0 Å². The quantitative estimate of drug-likeness (QED) is 0.768. The minimum atomic E-state index is 0.213. The maximum Gasteiger partial charge on any atom is 0.0499 e. The Morgan fingerprint density at radius 1 is 1.16 bits per heavy atom. The van der Waals surface area contributed by atoms with Crippen LogP contribution in [0.15, 0.2) is 0 Å². The lowest BCUT2D eigenvalue weighted by molar-refractivity contribution is 0.119. The van der Waals surface area contributed by atoms with Crippen LogP contribution < -0.4 is 5.32 Å². The third-order valence-electron chi connectivity index (χ3n) is 5.35. The van der Waals surface area contributed by atoms with Gasteiger partial charge in [-0.1, -0.05) is 39.5 Å². The van der Waals surface area contributed by atoms with Gasteiger partial charge in [-0.15, -0.1) is 0 Å². The van der Waals surface area contributed by atoms with E-state index in [1.807, 2.05) is 0 Å². The molecule has 0 saturated heterocycles. The van der Waals surface area contributed by atoms with E-state index in [9.17, 15) is 5.11 Å². The predicted molar refractivity (Wildman–Crippen MR) is 81.2 cm³/mol. The first-order valence-corrected chi connectivity index (χ1v) is 8.48. The maximum atomic E-state index is 9.68. The molecule has 0 amide bonds. The summed E-state index contributed by atoms with van der Waals surface area (Å²) in [7, 11) is 0. The Hall–Kier alpha value is -0.0800. The molecule has 19 heavy (non-hydrogen) atoms. The molecule has 2 fully saturated rings. The molecule has 0 bridgehead atoms. The van der Waals surface area contributed by atoms with Crippen LogP contribution in [0.5, 0.6) is 0 Å². The predicted octanol–water partition coefficient (Wildman–Crippen LogP) is 3.73. The van der Waals surface area contributed by atoms with Gasteiger partial charge in [0, 0.05) is 24.6 Å². The number of aliphatic hydroxyl groups is 1. The zero-order chi connectivity index (χ0) is 13.7. The molecular formula is C17H33NO. The third-order valence-corrected chi connectivity index (χ3v) is 5.35. The Kier molecular flexibility index (Phi) is 5.70. The highest BCUT2D eigenvalue weighted by atomic mass is 16.3. The van der Waals surface area contributed by atoms with E-state index in [0.717, 1.165) is 18.4 Å². The third kappa shape index (κ3) is 4.46. The van der Waals surface area contributed by atoms with Gasteiger partial charge in [0.15, 0.2) is 0 Å². The Morgan fingerprint density at radius 3 is 2.53 bits per heavy atom. The van der Waals surface area contributed by atoms with Crippen LogP contribution in [0.1, 0.15) is 71.6 Å². The van der Waals surface area contributed by atoms with Crippen molar-refractivity contribution in [1.29, 1.82) is 0 Å². The summed E-state index contributed by atoms with van der Waals surface area (Å²) >= 11 is 0. The zero-order valence-corrected chi connectivity index (χ0v) is 13.0. The maximum absolute atomic E-state index is 9.68. The zero-order valence-electron chi connectivity index (χ0n) is 13.0. The van der Waals surface area contributed by atoms with Crippen molar-refractivity contribution in [3.63, 3.8) is 0 Å². The van der Waals surface area contributed by atoms with E-state index in [4.69, 9.17) is 0 Å². The second-order valence-corrected chi connectivity index (χ2v) is 7.61. The average molecular weight is 267 g/mol. The van der Waals surface area contributed by atoms with Crippen molar-refractivity contribution in [3.05, 3.63) is 0 Å². The van der Waals surface area contributed by atoms with E-state index in [1.165, 1.54) is 57.8 Å². The molecule has 0 heterocycles. The van der Waals surface area contributed by atoms with Crippen LogP contribution >= 0.6 is 0 Å². The molecule has 2 N–H and O–H groups in total. The summed E-state index contributed by atoms with van der Waals surface area (Å²) in [6.07, 6.45) is 12.0. The molecular weight excluding hydrogens is 234 g/mol. The van der Waals surface area contributed by atoms with Crippen molar-refractivity contribution in [2.75, 3.05) is 13.2 Å². The van der Waals surface area contributed by atoms with Crippen molar-refractivity contribution < 1.29 is 5.11 Å². The monoisotopic (exact) mass is 267 g/mol. The van der Waals surface area contributed by atoms with Crippen molar-refractivity contribution in [1.82, 2.24) is 5.32 Å². The molecule has 2 saturated carbocycles. The van der Waals surface area contributed by atoms with Crippen molar-refractivity contribution in [2.45, 2.75) is 77.7 Å². The van der Waals surface area contributed by atoms with Crippen LogP contribution in [0.25, 0.3) is 0 Å². The van der Waals surface area contributed by atoms with Gasteiger partial charge in [0.25, 0.3) is 0 Å². The average Bonchev–Trinajstić information content (AvgIpc) is 2.86. The van der Waals surface area contributed by atoms with Crippen LogP contribution in [-0.2, 0) is 0 Å². The fourth-order valence-electron chi connectivity index (χ4n) is 4.23. The summed E-state index contributed by atoms with van der Waals surface area (Å²) in [5.74, 6) is 1.77. The molecule has 2 heteroatoms. The second kappa shape index (κ2) is 7.08. The molecule has 0 aromatic rings. The van der Waals surface area contributed by atoms with Gasteiger partial charge in [-0.2, -0.15) is 0 Å². The topological polar surface area (TPSA) is 32.3 Å². The van der Waals surface area contributed by atoms with E-state index in [-0.39, 0.29) is 5.41 Å². The van der Waals surface area contributed by atoms with E-state index in [2.05, 4.69) is 19.2 Å². The molecule has 112 valence electrons. The van der Waals surface area contributed by atoms with Gasteiger partial charge in [0.05, 0.1) is 0 Å². The van der Waals surface area contributed by atoms with Crippen molar-refractivity contribution >= 4 is 0 Å². The van der Waals surface area contributed by atoms with Crippen LogP contribution in [0, 0.1) is 17.3 Å². The molecule has 2 aliphatic carbocycles. The summed E-state index contributed by atoms with van der Waals surface area (Å²) in [5.41, 5.74) is 0.213. The first-order valence-electron chi connectivity index (χ1n) is 8.48. The minimum absolute atomic E-state index is 0.213. The number of hydrogen-bond donors (Lipinski definition) is 2. The van der Waals surface area contributed by atoms with E-state index in [0.29, 0.717) is 12.6 Å². The van der Waals surface area contributed by atoms with Gasteiger partial charge in [-0.05, 0) is 43.9 Å². The van der Waals surface area contributed by atoms with Gasteiger partial charge >= 0.3 is 0 Å². The fraction of sp³-hybridized carbons (Fsp3) is 1.00. The van der Waals surface area contributed by atoms with Gasteiger partial charge in [-0.3, -0.25) is 0 Å². The van der Waals surface area contributed by atoms with Crippen LogP contribution in [0.2, 0.25) is 0 Å². The largest absolute Gasteiger partial charge is 0.396 e. The smallest absolute Gasteiger partial charge is 0.0499 e.